The lowest BCUT2D eigenvalue weighted by Crippen LogP contribution is -2.11. The lowest BCUT2D eigenvalue weighted by molar-refractivity contribution is 0.342. The second-order valence-corrected chi connectivity index (χ2v) is 3.15. The van der Waals surface area contributed by atoms with E-state index in [-0.39, 0.29) is 6.04 Å². The van der Waals surface area contributed by atoms with Crippen LogP contribution in [0.1, 0.15) is 32.1 Å². The first-order valence-electron chi connectivity index (χ1n) is 3.86. The monoisotopic (exact) mass is 154 g/mol. The van der Waals surface area contributed by atoms with Gasteiger partial charge in [-0.1, -0.05) is 19.0 Å². The van der Waals surface area contributed by atoms with E-state index in [1.165, 1.54) is 0 Å². The highest BCUT2D eigenvalue weighted by Crippen LogP contribution is 2.17. The lowest BCUT2D eigenvalue weighted by atomic mass is 10.0. The van der Waals surface area contributed by atoms with Crippen molar-refractivity contribution in [1.82, 2.24) is 5.16 Å². The molecule has 0 aliphatic carbocycles. The molecular formula is C8H14N2O. The molecule has 0 radical (unpaired) electrons. The fraction of sp³-hybridized carbons (Fsp3) is 0.625. The number of aromatic nitrogens is 1. The van der Waals surface area contributed by atoms with Gasteiger partial charge in [0, 0.05) is 6.07 Å². The van der Waals surface area contributed by atoms with E-state index in [2.05, 4.69) is 19.0 Å². The summed E-state index contributed by atoms with van der Waals surface area (Å²) in [4.78, 5) is 0. The summed E-state index contributed by atoms with van der Waals surface area (Å²) in [5, 5.41) is 3.60. The topological polar surface area (TPSA) is 52.0 Å². The van der Waals surface area contributed by atoms with Crippen LogP contribution in [0.5, 0.6) is 0 Å². The molecule has 0 aromatic carbocycles. The molecule has 0 saturated carbocycles. The third kappa shape index (κ3) is 2.35. The Balaban J connectivity index is 2.49. The minimum Gasteiger partial charge on any atom is -0.360 e. The summed E-state index contributed by atoms with van der Waals surface area (Å²) in [5.74, 6) is 1.37. The number of hydrogen-bond donors (Lipinski definition) is 1. The zero-order valence-corrected chi connectivity index (χ0v) is 6.95. The minimum absolute atomic E-state index is 0.00231. The Morgan fingerprint density at radius 3 is 2.82 bits per heavy atom. The van der Waals surface area contributed by atoms with E-state index >= 15 is 0 Å². The molecule has 1 atom stereocenters. The summed E-state index contributed by atoms with van der Waals surface area (Å²) < 4.78 is 4.92. The van der Waals surface area contributed by atoms with E-state index in [0.717, 1.165) is 12.2 Å². The smallest absolute Gasteiger partial charge is 0.153 e. The van der Waals surface area contributed by atoms with Gasteiger partial charge in [0.25, 0.3) is 0 Å². The standard InChI is InChI=1S/C8H14N2O/c1-6(2)5-7(9)8-3-4-10-11-8/h3-4,6-7H,5,9H2,1-2H3/t7-/m1/s1. The predicted octanol–water partition coefficient (Wildman–Crippen LogP) is 1.72. The Bertz CT molecular complexity index is 194. The van der Waals surface area contributed by atoms with Crippen LogP contribution < -0.4 is 5.73 Å². The van der Waals surface area contributed by atoms with Gasteiger partial charge in [-0.05, 0) is 12.3 Å². The Morgan fingerprint density at radius 2 is 2.36 bits per heavy atom. The highest BCUT2D eigenvalue weighted by Gasteiger charge is 2.10. The van der Waals surface area contributed by atoms with E-state index in [1.54, 1.807) is 6.20 Å². The van der Waals surface area contributed by atoms with E-state index in [0.29, 0.717) is 5.92 Å². The van der Waals surface area contributed by atoms with Crippen LogP contribution in [-0.4, -0.2) is 5.16 Å². The zero-order valence-electron chi connectivity index (χ0n) is 6.95. The fourth-order valence-corrected chi connectivity index (χ4v) is 1.04. The van der Waals surface area contributed by atoms with Crippen molar-refractivity contribution in [2.24, 2.45) is 11.7 Å². The molecule has 0 amide bonds. The van der Waals surface area contributed by atoms with Gasteiger partial charge in [-0.25, -0.2) is 0 Å². The van der Waals surface area contributed by atoms with Crippen LogP contribution in [0.15, 0.2) is 16.8 Å². The molecule has 0 saturated heterocycles. The van der Waals surface area contributed by atoms with Crippen molar-refractivity contribution in [1.29, 1.82) is 0 Å². The lowest BCUT2D eigenvalue weighted by Gasteiger charge is -2.09. The van der Waals surface area contributed by atoms with Crippen molar-refractivity contribution in [2.45, 2.75) is 26.3 Å². The average Bonchev–Trinajstić information content (AvgIpc) is 2.35. The Kier molecular flexibility index (Phi) is 2.65. The maximum absolute atomic E-state index is 5.81. The van der Waals surface area contributed by atoms with Crippen molar-refractivity contribution < 1.29 is 4.52 Å². The molecule has 0 unspecified atom stereocenters. The molecule has 62 valence electrons. The summed E-state index contributed by atoms with van der Waals surface area (Å²) in [7, 11) is 0. The molecule has 1 rings (SSSR count). The van der Waals surface area contributed by atoms with Crippen molar-refractivity contribution in [3.8, 4) is 0 Å². The van der Waals surface area contributed by atoms with Crippen molar-refractivity contribution >= 4 is 0 Å². The van der Waals surface area contributed by atoms with Gasteiger partial charge in [-0.2, -0.15) is 0 Å². The van der Waals surface area contributed by atoms with E-state index in [1.807, 2.05) is 6.07 Å². The number of nitrogens with two attached hydrogens (primary N) is 1. The van der Waals surface area contributed by atoms with Crippen LogP contribution in [0, 0.1) is 5.92 Å². The number of hydrogen-bond acceptors (Lipinski definition) is 3. The molecule has 0 bridgehead atoms. The van der Waals surface area contributed by atoms with Crippen LogP contribution in [0.4, 0.5) is 0 Å². The molecule has 0 spiro atoms. The molecule has 2 N–H and O–H groups in total. The van der Waals surface area contributed by atoms with Gasteiger partial charge in [-0.15, -0.1) is 0 Å². The largest absolute Gasteiger partial charge is 0.360 e. The van der Waals surface area contributed by atoms with Crippen LogP contribution in [0.3, 0.4) is 0 Å². The van der Waals surface area contributed by atoms with Gasteiger partial charge >= 0.3 is 0 Å². The number of rotatable bonds is 3. The van der Waals surface area contributed by atoms with Crippen LogP contribution >= 0.6 is 0 Å². The molecular weight excluding hydrogens is 140 g/mol. The van der Waals surface area contributed by atoms with Gasteiger partial charge in [0.1, 0.15) is 0 Å². The molecule has 1 aromatic heterocycles. The molecule has 0 aliphatic heterocycles. The van der Waals surface area contributed by atoms with Gasteiger partial charge in [-0.3, -0.25) is 0 Å². The van der Waals surface area contributed by atoms with Gasteiger partial charge in [0.05, 0.1) is 12.2 Å². The molecule has 1 heterocycles. The Morgan fingerprint density at radius 1 is 1.64 bits per heavy atom. The van der Waals surface area contributed by atoms with E-state index < -0.39 is 0 Å². The zero-order chi connectivity index (χ0) is 8.27. The maximum Gasteiger partial charge on any atom is 0.153 e. The van der Waals surface area contributed by atoms with Crippen molar-refractivity contribution in [2.75, 3.05) is 0 Å². The third-order valence-electron chi connectivity index (χ3n) is 1.55. The second kappa shape index (κ2) is 3.53. The molecule has 1 aromatic rings. The highest BCUT2D eigenvalue weighted by molar-refractivity contribution is 4.99. The normalized spacial score (nSPS) is 13.8. The first kappa shape index (κ1) is 8.27. The van der Waals surface area contributed by atoms with Crippen LogP contribution in [-0.2, 0) is 0 Å². The molecule has 11 heavy (non-hydrogen) atoms. The van der Waals surface area contributed by atoms with E-state index in [9.17, 15) is 0 Å². The first-order valence-corrected chi connectivity index (χ1v) is 3.86. The minimum atomic E-state index is -0.00231. The van der Waals surface area contributed by atoms with Gasteiger partial charge < -0.3 is 10.3 Å². The SMILES string of the molecule is CC(C)C[C@@H](N)c1ccno1. The predicted molar refractivity (Wildman–Crippen MR) is 42.9 cm³/mol. The number of nitrogens with zero attached hydrogens (tertiary/aromatic N) is 1. The maximum atomic E-state index is 5.81. The molecule has 0 fully saturated rings. The van der Waals surface area contributed by atoms with Crippen LogP contribution in [0.25, 0.3) is 0 Å². The fourth-order valence-electron chi connectivity index (χ4n) is 1.04. The Labute approximate surface area is 66.6 Å². The summed E-state index contributed by atoms with van der Waals surface area (Å²) in [6.07, 6.45) is 2.56. The van der Waals surface area contributed by atoms with Crippen molar-refractivity contribution in [3.05, 3.63) is 18.0 Å². The second-order valence-electron chi connectivity index (χ2n) is 3.15. The highest BCUT2D eigenvalue weighted by atomic mass is 16.5. The quantitative estimate of drug-likeness (QED) is 0.721. The molecule has 0 aliphatic rings. The summed E-state index contributed by atoms with van der Waals surface area (Å²) in [6, 6.07) is 1.81. The van der Waals surface area contributed by atoms with E-state index in [4.69, 9.17) is 10.3 Å². The molecule has 3 heteroatoms. The van der Waals surface area contributed by atoms with Crippen LogP contribution in [0.2, 0.25) is 0 Å². The Hall–Kier alpha value is -0.830. The van der Waals surface area contributed by atoms with Gasteiger partial charge in [0.15, 0.2) is 5.76 Å². The molecule has 3 nitrogen and oxygen atoms in total. The summed E-state index contributed by atoms with van der Waals surface area (Å²) in [5.41, 5.74) is 5.81. The summed E-state index contributed by atoms with van der Waals surface area (Å²) in [6.45, 7) is 4.27. The third-order valence-corrected chi connectivity index (χ3v) is 1.55. The van der Waals surface area contributed by atoms with Gasteiger partial charge in [0.2, 0.25) is 0 Å². The summed E-state index contributed by atoms with van der Waals surface area (Å²) >= 11 is 0. The first-order chi connectivity index (χ1) is 5.20. The van der Waals surface area contributed by atoms with Crippen molar-refractivity contribution in [3.63, 3.8) is 0 Å². The average molecular weight is 154 g/mol.